The number of carbonyl (C=O) groups excluding carboxylic acids is 2. The van der Waals surface area contributed by atoms with E-state index in [2.05, 4.69) is 13.0 Å². The monoisotopic (exact) mass is 379 g/mol. The first-order valence-electron chi connectivity index (χ1n) is 9.47. The van der Waals surface area contributed by atoms with Crippen LogP contribution in [0, 0.1) is 0 Å². The molecule has 1 N–H and O–H groups in total. The SMILES string of the molecule is CCc1cc(Cc2ccc(C3=CCOC3=O)cc2)cc(C(=O)N(C)CCO)c1. The number of likely N-dealkylation sites (N-methyl/N-ethyl adjacent to an activating group) is 1. The van der Waals surface area contributed by atoms with E-state index < -0.39 is 0 Å². The van der Waals surface area contributed by atoms with Gasteiger partial charge in [-0.1, -0.05) is 37.3 Å². The van der Waals surface area contributed by atoms with E-state index in [1.165, 1.54) is 4.90 Å². The first-order valence-corrected chi connectivity index (χ1v) is 9.47. The summed E-state index contributed by atoms with van der Waals surface area (Å²) >= 11 is 0. The van der Waals surface area contributed by atoms with E-state index in [4.69, 9.17) is 9.84 Å². The number of carbonyl (C=O) groups is 2. The molecule has 1 amide bonds. The molecule has 0 aliphatic carbocycles. The van der Waals surface area contributed by atoms with Gasteiger partial charge in [-0.2, -0.15) is 0 Å². The highest BCUT2D eigenvalue weighted by molar-refractivity contribution is 6.18. The quantitative estimate of drug-likeness (QED) is 0.752. The Morgan fingerprint density at radius 1 is 1.11 bits per heavy atom. The van der Waals surface area contributed by atoms with Gasteiger partial charge in [0.2, 0.25) is 0 Å². The number of nitrogens with zero attached hydrogens (tertiary/aromatic N) is 1. The molecule has 0 aromatic heterocycles. The Hall–Kier alpha value is -2.92. The van der Waals surface area contributed by atoms with E-state index in [0.717, 1.165) is 28.7 Å². The molecule has 0 unspecified atom stereocenters. The number of aliphatic hydroxyl groups excluding tert-OH is 1. The van der Waals surface area contributed by atoms with Crippen LogP contribution in [0.5, 0.6) is 0 Å². The van der Waals surface area contributed by atoms with E-state index >= 15 is 0 Å². The van der Waals surface area contributed by atoms with Crippen molar-refractivity contribution < 1.29 is 19.4 Å². The van der Waals surface area contributed by atoms with Crippen LogP contribution in [-0.2, 0) is 22.4 Å². The van der Waals surface area contributed by atoms with Crippen molar-refractivity contribution in [3.05, 3.63) is 76.4 Å². The number of aliphatic hydroxyl groups is 1. The molecular weight excluding hydrogens is 354 g/mol. The number of ether oxygens (including phenoxy) is 1. The molecule has 2 aromatic carbocycles. The van der Waals surface area contributed by atoms with Crippen molar-refractivity contribution in [3.63, 3.8) is 0 Å². The first kappa shape index (κ1) is 19.8. The summed E-state index contributed by atoms with van der Waals surface area (Å²) in [5, 5.41) is 9.07. The number of cyclic esters (lactones) is 1. The van der Waals surface area contributed by atoms with Crippen molar-refractivity contribution >= 4 is 17.4 Å². The number of benzene rings is 2. The molecule has 0 atom stereocenters. The lowest BCUT2D eigenvalue weighted by Crippen LogP contribution is -2.29. The highest BCUT2D eigenvalue weighted by Crippen LogP contribution is 2.22. The molecule has 0 radical (unpaired) electrons. The Kier molecular flexibility index (Phi) is 6.26. The van der Waals surface area contributed by atoms with Gasteiger partial charge >= 0.3 is 5.97 Å². The lowest BCUT2D eigenvalue weighted by Gasteiger charge is -2.17. The minimum atomic E-state index is -0.279. The Balaban J connectivity index is 1.80. The maximum Gasteiger partial charge on any atom is 0.338 e. The molecule has 1 aliphatic rings. The number of esters is 1. The summed E-state index contributed by atoms with van der Waals surface area (Å²) in [5.74, 6) is -0.369. The van der Waals surface area contributed by atoms with Crippen LogP contribution in [0.2, 0.25) is 0 Å². The molecule has 0 saturated heterocycles. The Morgan fingerprint density at radius 3 is 2.43 bits per heavy atom. The highest BCUT2D eigenvalue weighted by atomic mass is 16.5. The van der Waals surface area contributed by atoms with Crippen LogP contribution in [0.3, 0.4) is 0 Å². The normalized spacial score (nSPS) is 13.2. The van der Waals surface area contributed by atoms with Crippen LogP contribution in [0.25, 0.3) is 5.57 Å². The fraction of sp³-hybridized carbons (Fsp3) is 0.304. The van der Waals surface area contributed by atoms with Crippen molar-refractivity contribution in [2.75, 3.05) is 26.8 Å². The fourth-order valence-corrected chi connectivity index (χ4v) is 3.30. The summed E-state index contributed by atoms with van der Waals surface area (Å²) in [6.45, 7) is 2.65. The molecule has 0 bridgehead atoms. The average Bonchev–Trinajstić information content (AvgIpc) is 3.13. The van der Waals surface area contributed by atoms with Crippen molar-refractivity contribution in [2.24, 2.45) is 0 Å². The van der Waals surface area contributed by atoms with Crippen LogP contribution >= 0.6 is 0 Å². The Labute approximate surface area is 165 Å². The number of hydrogen-bond acceptors (Lipinski definition) is 4. The molecule has 5 heteroatoms. The van der Waals surface area contributed by atoms with E-state index in [1.54, 1.807) is 13.1 Å². The summed E-state index contributed by atoms with van der Waals surface area (Å²) in [5.41, 5.74) is 5.38. The molecule has 2 aromatic rings. The minimum Gasteiger partial charge on any atom is -0.458 e. The van der Waals surface area contributed by atoms with Gasteiger partial charge in [-0.05, 0) is 53.3 Å². The molecule has 146 valence electrons. The molecule has 5 nitrogen and oxygen atoms in total. The van der Waals surface area contributed by atoms with Gasteiger partial charge in [0.05, 0.1) is 12.2 Å². The molecule has 1 heterocycles. The van der Waals surface area contributed by atoms with Gasteiger partial charge in [0.1, 0.15) is 6.61 Å². The second-order valence-electron chi connectivity index (χ2n) is 6.93. The zero-order valence-corrected chi connectivity index (χ0v) is 16.3. The van der Waals surface area contributed by atoms with Gasteiger partial charge in [-0.3, -0.25) is 4.79 Å². The Morgan fingerprint density at radius 2 is 1.82 bits per heavy atom. The lowest BCUT2D eigenvalue weighted by molar-refractivity contribution is -0.133. The van der Waals surface area contributed by atoms with Crippen molar-refractivity contribution in [3.8, 4) is 0 Å². The summed E-state index contributed by atoms with van der Waals surface area (Å²) in [6.07, 6.45) is 3.33. The van der Waals surface area contributed by atoms with Crippen LogP contribution in [-0.4, -0.2) is 48.7 Å². The second kappa shape index (κ2) is 8.85. The predicted molar refractivity (Wildman–Crippen MR) is 108 cm³/mol. The van der Waals surface area contributed by atoms with Gasteiger partial charge in [-0.15, -0.1) is 0 Å². The molecule has 28 heavy (non-hydrogen) atoms. The fourth-order valence-electron chi connectivity index (χ4n) is 3.30. The average molecular weight is 379 g/mol. The standard InChI is InChI=1S/C23H25NO4/c1-3-16-12-18(15-20(14-16)22(26)24(2)9-10-25)13-17-4-6-19(7-5-17)21-8-11-28-23(21)27/h4-8,12,14-15,25H,3,9-11,13H2,1-2H3. The molecule has 0 saturated carbocycles. The summed E-state index contributed by atoms with van der Waals surface area (Å²) in [6, 6.07) is 13.8. The maximum atomic E-state index is 12.6. The van der Waals surface area contributed by atoms with Crippen LogP contribution < -0.4 is 0 Å². The van der Waals surface area contributed by atoms with E-state index in [1.807, 2.05) is 36.4 Å². The molecule has 0 fully saturated rings. The molecule has 3 rings (SSSR count). The van der Waals surface area contributed by atoms with Crippen molar-refractivity contribution in [1.29, 1.82) is 0 Å². The van der Waals surface area contributed by atoms with Crippen LogP contribution in [0.1, 0.15) is 39.5 Å². The van der Waals surface area contributed by atoms with Crippen LogP contribution in [0.4, 0.5) is 0 Å². The van der Waals surface area contributed by atoms with Gasteiger partial charge in [0.15, 0.2) is 0 Å². The van der Waals surface area contributed by atoms with Crippen LogP contribution in [0.15, 0.2) is 48.5 Å². The smallest absolute Gasteiger partial charge is 0.338 e. The summed E-state index contributed by atoms with van der Waals surface area (Å²) in [7, 11) is 1.69. The molecule has 1 aliphatic heterocycles. The lowest BCUT2D eigenvalue weighted by atomic mass is 9.97. The third-order valence-electron chi connectivity index (χ3n) is 4.88. The van der Waals surface area contributed by atoms with Crippen molar-refractivity contribution in [1.82, 2.24) is 4.90 Å². The minimum absolute atomic E-state index is 0.0567. The number of rotatable bonds is 7. The predicted octanol–water partition coefficient (Wildman–Crippen LogP) is 2.84. The first-order chi connectivity index (χ1) is 13.5. The molecule has 0 spiro atoms. The third-order valence-corrected chi connectivity index (χ3v) is 4.88. The third kappa shape index (κ3) is 4.49. The second-order valence-corrected chi connectivity index (χ2v) is 6.93. The van der Waals surface area contributed by atoms with Crippen molar-refractivity contribution in [2.45, 2.75) is 19.8 Å². The van der Waals surface area contributed by atoms with Gasteiger partial charge in [-0.25, -0.2) is 4.79 Å². The zero-order chi connectivity index (χ0) is 20.1. The molecular formula is C23H25NO4. The summed E-state index contributed by atoms with van der Waals surface area (Å²) < 4.78 is 4.96. The maximum absolute atomic E-state index is 12.6. The number of aryl methyl sites for hydroxylation is 1. The van der Waals surface area contributed by atoms with E-state index in [9.17, 15) is 9.59 Å². The zero-order valence-electron chi connectivity index (χ0n) is 16.3. The Bertz CT molecular complexity index is 899. The van der Waals surface area contributed by atoms with E-state index in [-0.39, 0.29) is 18.5 Å². The van der Waals surface area contributed by atoms with Gasteiger partial charge in [0.25, 0.3) is 5.91 Å². The number of amides is 1. The topological polar surface area (TPSA) is 66.8 Å². The largest absolute Gasteiger partial charge is 0.458 e. The highest BCUT2D eigenvalue weighted by Gasteiger charge is 2.18. The van der Waals surface area contributed by atoms with Gasteiger partial charge < -0.3 is 14.7 Å². The summed E-state index contributed by atoms with van der Waals surface area (Å²) in [4.78, 5) is 25.8. The van der Waals surface area contributed by atoms with Gasteiger partial charge in [0, 0.05) is 19.2 Å². The number of hydrogen-bond donors (Lipinski definition) is 1. The van der Waals surface area contributed by atoms with E-state index in [0.29, 0.717) is 30.7 Å².